The van der Waals surface area contributed by atoms with E-state index in [9.17, 15) is 4.79 Å². The van der Waals surface area contributed by atoms with E-state index in [2.05, 4.69) is 0 Å². The molecule has 4 nitrogen and oxygen atoms in total. The first-order valence-corrected chi connectivity index (χ1v) is 5.80. The highest BCUT2D eigenvalue weighted by Crippen LogP contribution is 2.17. The van der Waals surface area contributed by atoms with E-state index in [0.717, 1.165) is 6.42 Å². The third-order valence-electron chi connectivity index (χ3n) is 2.35. The molecule has 92 valence electrons. The van der Waals surface area contributed by atoms with E-state index >= 15 is 0 Å². The Morgan fingerprint density at radius 1 is 1.59 bits per heavy atom. The van der Waals surface area contributed by atoms with E-state index in [1.54, 1.807) is 24.3 Å². The summed E-state index contributed by atoms with van der Waals surface area (Å²) in [7, 11) is 0. The first-order valence-electron chi connectivity index (χ1n) is 5.42. The molecule has 17 heavy (non-hydrogen) atoms. The van der Waals surface area contributed by atoms with Crippen molar-refractivity contribution < 1.29 is 19.0 Å². The van der Waals surface area contributed by atoms with Gasteiger partial charge in [-0.1, -0.05) is 24.6 Å². The maximum Gasteiger partial charge on any atom is 0.340 e. The van der Waals surface area contributed by atoms with Crippen molar-refractivity contribution in [2.24, 2.45) is 0 Å². The molecule has 2 atom stereocenters. The van der Waals surface area contributed by atoms with Crippen LogP contribution in [0, 0.1) is 0 Å². The average molecular weight is 257 g/mol. The van der Waals surface area contributed by atoms with Crippen molar-refractivity contribution in [3.05, 3.63) is 34.9 Å². The highest BCUT2D eigenvalue weighted by Gasteiger charge is 2.27. The Morgan fingerprint density at radius 3 is 3.06 bits per heavy atom. The summed E-state index contributed by atoms with van der Waals surface area (Å²) in [6, 6.07) is 6.58. The summed E-state index contributed by atoms with van der Waals surface area (Å²) in [4.78, 5) is 11.7. The van der Waals surface area contributed by atoms with Gasteiger partial charge in [0, 0.05) is 5.02 Å². The Balaban J connectivity index is 1.94. The number of hydrogen-bond acceptors (Lipinski definition) is 4. The van der Waals surface area contributed by atoms with Gasteiger partial charge in [-0.2, -0.15) is 0 Å². The van der Waals surface area contributed by atoms with Crippen LogP contribution in [-0.4, -0.2) is 25.2 Å². The van der Waals surface area contributed by atoms with Gasteiger partial charge >= 0.3 is 5.97 Å². The molecule has 0 aromatic heterocycles. The van der Waals surface area contributed by atoms with Crippen LogP contribution >= 0.6 is 11.6 Å². The highest BCUT2D eigenvalue weighted by molar-refractivity contribution is 6.30. The summed E-state index contributed by atoms with van der Waals surface area (Å²) < 4.78 is 15.7. The maximum absolute atomic E-state index is 11.7. The summed E-state index contributed by atoms with van der Waals surface area (Å²) in [6.45, 7) is 2.21. The van der Waals surface area contributed by atoms with Crippen molar-refractivity contribution in [1.82, 2.24) is 0 Å². The molecule has 0 aliphatic carbocycles. The number of benzene rings is 1. The van der Waals surface area contributed by atoms with Crippen molar-refractivity contribution in [2.75, 3.05) is 6.61 Å². The lowest BCUT2D eigenvalue weighted by Crippen LogP contribution is -2.20. The molecular weight excluding hydrogens is 244 g/mol. The quantitative estimate of drug-likeness (QED) is 0.780. The number of carbonyl (C=O) groups excluding carboxylic acids is 1. The normalized spacial score (nSPS) is 23.6. The fraction of sp³-hybridized carbons (Fsp3) is 0.417. The minimum absolute atomic E-state index is 0.269. The Morgan fingerprint density at radius 2 is 2.41 bits per heavy atom. The SMILES string of the molecule is CCC1OCC(OC(=O)c2cccc(Cl)c2)O1. The molecular formula is C12H13ClO4. The van der Waals surface area contributed by atoms with Crippen LogP contribution < -0.4 is 0 Å². The standard InChI is InChI=1S/C12H13ClO4/c1-2-10-15-7-11(16-10)17-12(14)8-4-3-5-9(13)6-8/h3-6,10-11H,2,7H2,1H3. The third kappa shape index (κ3) is 3.19. The van der Waals surface area contributed by atoms with Crippen LogP contribution in [0.3, 0.4) is 0 Å². The van der Waals surface area contributed by atoms with Crippen LogP contribution in [0.1, 0.15) is 23.7 Å². The molecule has 2 unspecified atom stereocenters. The Labute approximate surface area is 104 Å². The van der Waals surface area contributed by atoms with Crippen LogP contribution in [0.15, 0.2) is 24.3 Å². The maximum atomic E-state index is 11.7. The first kappa shape index (κ1) is 12.4. The van der Waals surface area contributed by atoms with Crippen molar-refractivity contribution in [1.29, 1.82) is 0 Å². The lowest BCUT2D eigenvalue weighted by Gasteiger charge is -2.11. The van der Waals surface area contributed by atoms with Crippen LogP contribution in [0.4, 0.5) is 0 Å². The topological polar surface area (TPSA) is 44.8 Å². The van der Waals surface area contributed by atoms with Gasteiger partial charge in [0.25, 0.3) is 0 Å². The molecule has 2 rings (SSSR count). The number of carbonyl (C=O) groups is 1. The van der Waals surface area contributed by atoms with Crippen molar-refractivity contribution in [3.8, 4) is 0 Å². The molecule has 1 aromatic carbocycles. The molecule has 0 amide bonds. The molecule has 1 aliphatic rings. The van der Waals surface area contributed by atoms with Gasteiger partial charge in [-0.25, -0.2) is 4.79 Å². The Kier molecular flexibility index (Phi) is 3.99. The Bertz CT molecular complexity index is 407. The van der Waals surface area contributed by atoms with Gasteiger partial charge in [0.05, 0.1) is 5.56 Å². The third-order valence-corrected chi connectivity index (χ3v) is 2.59. The predicted molar refractivity (Wildman–Crippen MR) is 61.8 cm³/mol. The number of rotatable bonds is 3. The van der Waals surface area contributed by atoms with Crippen LogP contribution in [0.25, 0.3) is 0 Å². The lowest BCUT2D eigenvalue weighted by atomic mass is 10.2. The summed E-state index contributed by atoms with van der Waals surface area (Å²) in [5, 5.41) is 0.495. The monoisotopic (exact) mass is 256 g/mol. The van der Waals surface area contributed by atoms with Gasteiger partial charge in [-0.15, -0.1) is 0 Å². The lowest BCUT2D eigenvalue weighted by molar-refractivity contribution is -0.120. The molecule has 0 radical (unpaired) electrons. The largest absolute Gasteiger partial charge is 0.429 e. The fourth-order valence-electron chi connectivity index (χ4n) is 1.51. The number of ether oxygens (including phenoxy) is 3. The molecule has 0 N–H and O–H groups in total. The predicted octanol–water partition coefficient (Wildman–Crippen LogP) is 2.61. The van der Waals surface area contributed by atoms with E-state index in [4.69, 9.17) is 25.8 Å². The summed E-state index contributed by atoms with van der Waals surface area (Å²) in [5.74, 6) is -0.460. The van der Waals surface area contributed by atoms with Gasteiger partial charge in [-0.05, 0) is 24.6 Å². The second-order valence-electron chi connectivity index (χ2n) is 3.65. The molecule has 5 heteroatoms. The zero-order chi connectivity index (χ0) is 12.3. The van der Waals surface area contributed by atoms with Gasteiger partial charge < -0.3 is 14.2 Å². The smallest absolute Gasteiger partial charge is 0.340 e. The molecule has 1 aromatic rings. The molecule has 1 saturated heterocycles. The zero-order valence-electron chi connectivity index (χ0n) is 9.39. The Hall–Kier alpha value is -1.10. The first-order chi connectivity index (χ1) is 8.19. The van der Waals surface area contributed by atoms with Gasteiger partial charge in [0.15, 0.2) is 6.29 Å². The molecule has 0 saturated carbocycles. The summed E-state index contributed by atoms with van der Waals surface area (Å²) in [5.41, 5.74) is 0.404. The second-order valence-corrected chi connectivity index (χ2v) is 4.09. The minimum Gasteiger partial charge on any atom is -0.429 e. The molecule has 1 fully saturated rings. The molecule has 0 bridgehead atoms. The van der Waals surface area contributed by atoms with Crippen molar-refractivity contribution in [3.63, 3.8) is 0 Å². The van der Waals surface area contributed by atoms with Gasteiger partial charge in [0.2, 0.25) is 6.29 Å². The minimum atomic E-state index is -0.633. The fourth-order valence-corrected chi connectivity index (χ4v) is 1.70. The van der Waals surface area contributed by atoms with Crippen molar-refractivity contribution >= 4 is 17.6 Å². The molecule has 1 heterocycles. The van der Waals surface area contributed by atoms with E-state index in [1.807, 2.05) is 6.92 Å². The van der Waals surface area contributed by atoms with Crippen LogP contribution in [0.2, 0.25) is 5.02 Å². The van der Waals surface area contributed by atoms with Gasteiger partial charge in [-0.3, -0.25) is 0 Å². The molecule has 0 spiro atoms. The number of esters is 1. The van der Waals surface area contributed by atoms with E-state index in [0.29, 0.717) is 10.6 Å². The number of halogens is 1. The number of hydrogen-bond donors (Lipinski definition) is 0. The van der Waals surface area contributed by atoms with E-state index in [-0.39, 0.29) is 12.9 Å². The summed E-state index contributed by atoms with van der Waals surface area (Å²) >= 11 is 5.79. The molecule has 1 aliphatic heterocycles. The van der Waals surface area contributed by atoms with Crippen LogP contribution in [-0.2, 0) is 14.2 Å². The zero-order valence-corrected chi connectivity index (χ0v) is 10.1. The van der Waals surface area contributed by atoms with Crippen molar-refractivity contribution in [2.45, 2.75) is 25.9 Å². The van der Waals surface area contributed by atoms with E-state index in [1.165, 1.54) is 0 Å². The average Bonchev–Trinajstić information content (AvgIpc) is 2.77. The highest BCUT2D eigenvalue weighted by atomic mass is 35.5. The summed E-state index contributed by atoms with van der Waals surface area (Å²) in [6.07, 6.45) is -0.191. The second kappa shape index (κ2) is 5.49. The van der Waals surface area contributed by atoms with Gasteiger partial charge in [0.1, 0.15) is 6.61 Å². The van der Waals surface area contributed by atoms with Crippen LogP contribution in [0.5, 0.6) is 0 Å². The van der Waals surface area contributed by atoms with E-state index < -0.39 is 12.3 Å².